The Morgan fingerprint density at radius 1 is 1.22 bits per heavy atom. The number of aromatic nitrogens is 3. The largest absolute Gasteiger partial charge is 0.397 e. The molecule has 3 aromatic rings. The Kier molecular flexibility index (Phi) is 2.83. The number of benzene rings is 1. The van der Waals surface area contributed by atoms with Gasteiger partial charge in [-0.25, -0.2) is 4.98 Å². The summed E-state index contributed by atoms with van der Waals surface area (Å²) in [6, 6.07) is 5.70. The van der Waals surface area contributed by atoms with Crippen LogP contribution in [0.2, 0.25) is 0 Å². The van der Waals surface area contributed by atoms with Crippen molar-refractivity contribution in [3.63, 3.8) is 0 Å². The second-order valence-electron chi connectivity index (χ2n) is 3.83. The summed E-state index contributed by atoms with van der Waals surface area (Å²) in [5.41, 5.74) is 9.34. The van der Waals surface area contributed by atoms with Crippen molar-refractivity contribution >= 4 is 48.6 Å². The molecule has 0 amide bonds. The molecule has 6 heteroatoms. The maximum absolute atomic E-state index is 6.06. The lowest BCUT2D eigenvalue weighted by molar-refractivity contribution is 1.32. The topological polar surface area (TPSA) is 67.6 Å². The maximum Gasteiger partial charge on any atom is 0.140 e. The summed E-state index contributed by atoms with van der Waals surface area (Å²) in [5, 5.41) is 0. The van der Waals surface area contributed by atoms with Gasteiger partial charge in [0.15, 0.2) is 0 Å². The average molecular weight is 368 g/mol. The molecule has 0 atom stereocenters. The summed E-state index contributed by atoms with van der Waals surface area (Å²) in [5.74, 6) is 0.734. The van der Waals surface area contributed by atoms with Crippen molar-refractivity contribution in [2.45, 2.75) is 0 Å². The highest BCUT2D eigenvalue weighted by Gasteiger charge is 2.11. The molecule has 2 heterocycles. The fourth-order valence-electron chi connectivity index (χ4n) is 1.77. The number of nitrogens with two attached hydrogens (primary N) is 1. The fourth-order valence-corrected chi connectivity index (χ4v) is 2.99. The highest BCUT2D eigenvalue weighted by Crippen LogP contribution is 2.34. The second-order valence-corrected chi connectivity index (χ2v) is 5.60. The van der Waals surface area contributed by atoms with E-state index in [2.05, 4.69) is 46.8 Å². The van der Waals surface area contributed by atoms with Gasteiger partial charge in [-0.2, -0.15) is 0 Å². The van der Waals surface area contributed by atoms with Crippen LogP contribution in [-0.4, -0.2) is 15.0 Å². The number of nitrogens with zero attached hydrogens (tertiary/aromatic N) is 2. The Bertz CT molecular complexity index is 703. The minimum atomic E-state index is 0.658. The van der Waals surface area contributed by atoms with Gasteiger partial charge in [0.05, 0.1) is 22.9 Å². The lowest BCUT2D eigenvalue weighted by atomic mass is 10.2. The first-order chi connectivity index (χ1) is 8.65. The first-order valence-corrected chi connectivity index (χ1v) is 6.78. The third-order valence-corrected chi connectivity index (χ3v) is 3.75. The van der Waals surface area contributed by atoms with E-state index in [1.807, 2.05) is 18.2 Å². The minimum Gasteiger partial charge on any atom is -0.397 e. The summed E-state index contributed by atoms with van der Waals surface area (Å²) in [7, 11) is 0. The first-order valence-electron chi connectivity index (χ1n) is 5.20. The predicted octanol–water partition coefficient (Wildman–Crippen LogP) is 3.73. The number of H-pyrrole nitrogens is 1. The third kappa shape index (κ3) is 1.91. The molecule has 90 valence electrons. The van der Waals surface area contributed by atoms with Crippen molar-refractivity contribution in [3.8, 4) is 11.4 Å². The summed E-state index contributed by atoms with van der Waals surface area (Å²) in [6.45, 7) is 0. The highest BCUT2D eigenvalue weighted by atomic mass is 79.9. The van der Waals surface area contributed by atoms with Crippen molar-refractivity contribution in [1.82, 2.24) is 15.0 Å². The number of hydrogen-bond donors (Lipinski definition) is 2. The molecule has 0 aliphatic heterocycles. The van der Waals surface area contributed by atoms with Crippen LogP contribution in [0, 0.1) is 0 Å². The van der Waals surface area contributed by atoms with Crippen molar-refractivity contribution in [1.29, 1.82) is 0 Å². The molecule has 1 aromatic carbocycles. The van der Waals surface area contributed by atoms with Crippen LogP contribution in [0.3, 0.4) is 0 Å². The summed E-state index contributed by atoms with van der Waals surface area (Å²) >= 11 is 6.88. The van der Waals surface area contributed by atoms with E-state index in [4.69, 9.17) is 5.73 Å². The van der Waals surface area contributed by atoms with Crippen molar-refractivity contribution in [2.24, 2.45) is 0 Å². The predicted molar refractivity (Wildman–Crippen MR) is 79.1 cm³/mol. The van der Waals surface area contributed by atoms with Crippen LogP contribution < -0.4 is 5.73 Å². The zero-order chi connectivity index (χ0) is 12.7. The molecule has 0 bridgehead atoms. The molecule has 4 nitrogen and oxygen atoms in total. The molecule has 0 spiro atoms. The van der Waals surface area contributed by atoms with Crippen LogP contribution in [0.4, 0.5) is 5.69 Å². The number of pyridine rings is 1. The Balaban J connectivity index is 2.26. The van der Waals surface area contributed by atoms with Gasteiger partial charge in [-0.3, -0.25) is 4.98 Å². The van der Waals surface area contributed by atoms with Gasteiger partial charge in [-0.05, 0) is 34.1 Å². The van der Waals surface area contributed by atoms with E-state index >= 15 is 0 Å². The normalized spacial score (nSPS) is 11.0. The van der Waals surface area contributed by atoms with Crippen LogP contribution in [0.25, 0.3) is 22.4 Å². The molecule has 0 aliphatic rings. The Morgan fingerprint density at radius 3 is 2.83 bits per heavy atom. The standard InChI is InChI=1S/C12H8Br2N4/c13-6-3-7(11(15)8(14)4-6)12-17-9-1-2-16-5-10(9)18-12/h1-5H,15H2,(H,17,18). The van der Waals surface area contributed by atoms with Gasteiger partial charge >= 0.3 is 0 Å². The highest BCUT2D eigenvalue weighted by molar-refractivity contribution is 9.11. The first kappa shape index (κ1) is 11.7. The van der Waals surface area contributed by atoms with Gasteiger partial charge in [-0.15, -0.1) is 0 Å². The van der Waals surface area contributed by atoms with Crippen LogP contribution in [0.1, 0.15) is 0 Å². The van der Waals surface area contributed by atoms with Crippen molar-refractivity contribution < 1.29 is 0 Å². The SMILES string of the molecule is Nc1c(Br)cc(Br)cc1-c1nc2ccncc2[nH]1. The fraction of sp³-hybridized carbons (Fsp3) is 0. The molecule has 0 aliphatic carbocycles. The number of nitrogen functional groups attached to an aromatic ring is 1. The van der Waals surface area contributed by atoms with Gasteiger partial charge in [0.25, 0.3) is 0 Å². The van der Waals surface area contributed by atoms with Crippen LogP contribution >= 0.6 is 31.9 Å². The van der Waals surface area contributed by atoms with E-state index in [1.54, 1.807) is 12.4 Å². The molecule has 0 saturated carbocycles. The van der Waals surface area contributed by atoms with Gasteiger partial charge in [0, 0.05) is 20.7 Å². The maximum atomic E-state index is 6.06. The second kappa shape index (κ2) is 4.37. The van der Waals surface area contributed by atoms with Crippen LogP contribution in [0.5, 0.6) is 0 Å². The third-order valence-electron chi connectivity index (χ3n) is 2.63. The molecule has 18 heavy (non-hydrogen) atoms. The molecule has 0 radical (unpaired) electrons. The zero-order valence-corrected chi connectivity index (χ0v) is 12.3. The van der Waals surface area contributed by atoms with Crippen molar-refractivity contribution in [3.05, 3.63) is 39.5 Å². The van der Waals surface area contributed by atoms with E-state index in [1.165, 1.54) is 0 Å². The number of aromatic amines is 1. The number of imidazole rings is 1. The van der Waals surface area contributed by atoms with Crippen LogP contribution in [0.15, 0.2) is 39.5 Å². The molecule has 2 aromatic heterocycles. The van der Waals surface area contributed by atoms with E-state index in [9.17, 15) is 0 Å². The Labute approximate surface area is 120 Å². The molecule has 0 fully saturated rings. The number of anilines is 1. The van der Waals surface area contributed by atoms with E-state index in [0.717, 1.165) is 31.4 Å². The number of nitrogens with one attached hydrogen (secondary N) is 1. The van der Waals surface area contributed by atoms with E-state index < -0.39 is 0 Å². The molecule has 0 unspecified atom stereocenters. The molecular weight excluding hydrogens is 360 g/mol. The molecule has 3 rings (SSSR count). The Hall–Kier alpha value is -1.40. The lowest BCUT2D eigenvalue weighted by Gasteiger charge is -2.05. The van der Waals surface area contributed by atoms with E-state index in [-0.39, 0.29) is 0 Å². The minimum absolute atomic E-state index is 0.658. The summed E-state index contributed by atoms with van der Waals surface area (Å²) in [4.78, 5) is 11.8. The quantitative estimate of drug-likeness (QED) is 0.644. The van der Waals surface area contributed by atoms with Gasteiger partial charge < -0.3 is 10.7 Å². The van der Waals surface area contributed by atoms with E-state index in [0.29, 0.717) is 5.69 Å². The lowest BCUT2D eigenvalue weighted by Crippen LogP contribution is -1.93. The average Bonchev–Trinajstić information content (AvgIpc) is 2.77. The summed E-state index contributed by atoms with van der Waals surface area (Å²) < 4.78 is 1.78. The Morgan fingerprint density at radius 2 is 2.06 bits per heavy atom. The van der Waals surface area contributed by atoms with Gasteiger partial charge in [-0.1, -0.05) is 15.9 Å². The zero-order valence-electron chi connectivity index (χ0n) is 9.11. The number of rotatable bonds is 1. The molecule has 3 N–H and O–H groups in total. The molecule has 0 saturated heterocycles. The number of fused-ring (bicyclic) bond motifs is 1. The summed E-state index contributed by atoms with van der Waals surface area (Å²) in [6.07, 6.45) is 3.46. The molecular formula is C12H8Br2N4. The monoisotopic (exact) mass is 366 g/mol. The van der Waals surface area contributed by atoms with Crippen molar-refractivity contribution in [2.75, 3.05) is 5.73 Å². The van der Waals surface area contributed by atoms with Gasteiger partial charge in [0.2, 0.25) is 0 Å². The van der Waals surface area contributed by atoms with Gasteiger partial charge in [0.1, 0.15) is 5.82 Å². The smallest absolute Gasteiger partial charge is 0.140 e. The number of hydrogen-bond acceptors (Lipinski definition) is 3. The number of halogens is 2. The van der Waals surface area contributed by atoms with Crippen LogP contribution in [-0.2, 0) is 0 Å².